The van der Waals surface area contributed by atoms with Crippen molar-refractivity contribution >= 4 is 17.7 Å². The summed E-state index contributed by atoms with van der Waals surface area (Å²) in [7, 11) is 0. The van der Waals surface area contributed by atoms with Gasteiger partial charge in [-0.1, -0.05) is 24.3 Å². The van der Waals surface area contributed by atoms with Crippen LogP contribution in [0.2, 0.25) is 0 Å². The highest BCUT2D eigenvalue weighted by molar-refractivity contribution is 5.57. The summed E-state index contributed by atoms with van der Waals surface area (Å²) in [5.74, 6) is 0.196. The Morgan fingerprint density at radius 3 is 2.87 bits per heavy atom. The third-order valence-electron chi connectivity index (χ3n) is 4.96. The normalized spacial score (nSPS) is 15.2. The SMILES string of the molecule is Cc1ccccc1CNc1nc(=NC2CC2)n2nc/c(=C\c3[nH]c(=O)[nH]c3O)c2n1. The molecule has 4 aromatic rings. The van der Waals surface area contributed by atoms with E-state index < -0.39 is 5.69 Å². The molecule has 0 unspecified atom stereocenters. The number of fused-ring (bicyclic) bond motifs is 1. The number of anilines is 1. The van der Waals surface area contributed by atoms with E-state index >= 15 is 0 Å². The smallest absolute Gasteiger partial charge is 0.326 e. The first kappa shape index (κ1) is 18.1. The molecule has 152 valence electrons. The highest BCUT2D eigenvalue weighted by Gasteiger charge is 2.21. The lowest BCUT2D eigenvalue weighted by molar-refractivity contribution is 0.454. The quantitative estimate of drug-likeness (QED) is 0.380. The van der Waals surface area contributed by atoms with E-state index in [1.807, 2.05) is 12.1 Å². The number of hydrogen-bond acceptors (Lipinski definition) is 7. The molecule has 3 heterocycles. The molecular formula is C20H20N8O2. The van der Waals surface area contributed by atoms with Crippen LogP contribution in [0, 0.1) is 6.92 Å². The Labute approximate surface area is 170 Å². The number of aromatic amines is 2. The molecule has 1 aromatic carbocycles. The van der Waals surface area contributed by atoms with Crippen LogP contribution in [0.4, 0.5) is 5.95 Å². The second-order valence-corrected chi connectivity index (χ2v) is 7.31. The van der Waals surface area contributed by atoms with Gasteiger partial charge in [0.2, 0.25) is 11.8 Å². The van der Waals surface area contributed by atoms with E-state index in [0.717, 1.165) is 18.4 Å². The standard InChI is InChI=1S/C20H20N8O2/c1-11-4-2-3-5-12(11)9-21-18-25-16-13(8-15-17(29)26-20(30)24-15)10-22-28(16)19(27-18)23-14-6-7-14/h2-5,8,10,14,29H,6-7,9H2,1H3,(H,21,23,27)(H2,24,26,30)/b13-8+. The number of nitrogens with zero attached hydrogens (tertiary/aromatic N) is 5. The van der Waals surface area contributed by atoms with Crippen LogP contribution in [0.5, 0.6) is 5.88 Å². The molecule has 0 atom stereocenters. The van der Waals surface area contributed by atoms with Crippen LogP contribution >= 0.6 is 0 Å². The minimum Gasteiger partial charge on any atom is -0.493 e. The molecule has 1 aliphatic carbocycles. The average Bonchev–Trinajstić information content (AvgIpc) is 3.36. The lowest BCUT2D eigenvalue weighted by atomic mass is 10.1. The van der Waals surface area contributed by atoms with Gasteiger partial charge >= 0.3 is 5.69 Å². The van der Waals surface area contributed by atoms with Gasteiger partial charge in [-0.2, -0.15) is 19.6 Å². The zero-order valence-corrected chi connectivity index (χ0v) is 16.3. The van der Waals surface area contributed by atoms with Crippen molar-refractivity contribution in [3.05, 3.63) is 68.6 Å². The first-order valence-electron chi connectivity index (χ1n) is 9.68. The van der Waals surface area contributed by atoms with Gasteiger partial charge in [-0.25, -0.2) is 9.79 Å². The van der Waals surface area contributed by atoms with Gasteiger partial charge in [0.15, 0.2) is 5.65 Å². The van der Waals surface area contributed by atoms with E-state index in [2.05, 4.69) is 54.4 Å². The first-order valence-corrected chi connectivity index (χ1v) is 9.68. The summed E-state index contributed by atoms with van der Waals surface area (Å²) >= 11 is 0. The number of nitrogens with one attached hydrogen (secondary N) is 3. The summed E-state index contributed by atoms with van der Waals surface area (Å²) in [5, 5.41) is 18.1. The summed E-state index contributed by atoms with van der Waals surface area (Å²) in [5.41, 5.74) is 3.09. The molecule has 0 spiro atoms. The molecule has 30 heavy (non-hydrogen) atoms. The first-order chi connectivity index (χ1) is 14.6. The van der Waals surface area contributed by atoms with Gasteiger partial charge < -0.3 is 15.4 Å². The van der Waals surface area contributed by atoms with Gasteiger partial charge in [-0.15, -0.1) is 0 Å². The highest BCUT2D eigenvalue weighted by atomic mass is 16.3. The van der Waals surface area contributed by atoms with Crippen molar-refractivity contribution in [1.29, 1.82) is 0 Å². The van der Waals surface area contributed by atoms with Crippen LogP contribution in [0.1, 0.15) is 29.7 Å². The molecular weight excluding hydrogens is 384 g/mol. The number of imidazole rings is 1. The molecule has 1 saturated carbocycles. The molecule has 10 nitrogen and oxygen atoms in total. The number of rotatable bonds is 5. The summed E-state index contributed by atoms with van der Waals surface area (Å²) in [4.78, 5) is 30.1. The largest absolute Gasteiger partial charge is 0.493 e. The topological polar surface area (TPSA) is 136 Å². The monoisotopic (exact) mass is 404 g/mol. The Morgan fingerprint density at radius 1 is 1.30 bits per heavy atom. The van der Waals surface area contributed by atoms with Gasteiger partial charge in [0.05, 0.1) is 12.2 Å². The van der Waals surface area contributed by atoms with Gasteiger partial charge in [0.25, 0.3) is 5.62 Å². The fourth-order valence-corrected chi connectivity index (χ4v) is 3.14. The van der Waals surface area contributed by atoms with Crippen molar-refractivity contribution in [2.45, 2.75) is 32.4 Å². The molecule has 0 bridgehead atoms. The second-order valence-electron chi connectivity index (χ2n) is 7.31. The Balaban J connectivity index is 1.60. The number of benzene rings is 1. The lowest BCUT2D eigenvalue weighted by Gasteiger charge is -2.07. The third-order valence-corrected chi connectivity index (χ3v) is 4.96. The molecule has 0 radical (unpaired) electrons. The molecule has 5 rings (SSSR count). The number of hydrogen-bond donors (Lipinski definition) is 4. The number of aryl methyl sites for hydroxylation is 1. The van der Waals surface area contributed by atoms with Gasteiger partial charge in [-0.05, 0) is 37.0 Å². The van der Waals surface area contributed by atoms with Crippen LogP contribution in [0.25, 0.3) is 11.7 Å². The van der Waals surface area contributed by atoms with Crippen molar-refractivity contribution < 1.29 is 5.11 Å². The molecule has 3 aromatic heterocycles. The van der Waals surface area contributed by atoms with Crippen LogP contribution < -0.4 is 21.8 Å². The molecule has 4 N–H and O–H groups in total. The van der Waals surface area contributed by atoms with Crippen molar-refractivity contribution in [2.75, 3.05) is 5.32 Å². The van der Waals surface area contributed by atoms with E-state index in [1.165, 1.54) is 5.56 Å². The Bertz CT molecular complexity index is 1410. The maximum atomic E-state index is 11.4. The van der Waals surface area contributed by atoms with E-state index in [-0.39, 0.29) is 17.6 Å². The van der Waals surface area contributed by atoms with E-state index in [9.17, 15) is 9.90 Å². The van der Waals surface area contributed by atoms with E-state index in [0.29, 0.717) is 29.0 Å². The van der Waals surface area contributed by atoms with Crippen LogP contribution in [0.3, 0.4) is 0 Å². The van der Waals surface area contributed by atoms with Crippen molar-refractivity contribution in [1.82, 2.24) is 29.5 Å². The predicted molar refractivity (Wildman–Crippen MR) is 110 cm³/mol. The predicted octanol–water partition coefficient (Wildman–Crippen LogP) is 0.378. The third kappa shape index (κ3) is 3.54. The van der Waals surface area contributed by atoms with Gasteiger partial charge in [0, 0.05) is 11.8 Å². The number of H-pyrrole nitrogens is 2. The van der Waals surface area contributed by atoms with Gasteiger partial charge in [-0.3, -0.25) is 4.98 Å². The zero-order chi connectivity index (χ0) is 20.7. The van der Waals surface area contributed by atoms with Crippen molar-refractivity contribution in [3.63, 3.8) is 0 Å². The fraction of sp³-hybridized carbons (Fsp3) is 0.250. The van der Waals surface area contributed by atoms with Crippen LogP contribution in [-0.2, 0) is 6.54 Å². The summed E-state index contributed by atoms with van der Waals surface area (Å²) < 4.78 is 1.57. The summed E-state index contributed by atoms with van der Waals surface area (Å²) in [6, 6.07) is 8.37. The van der Waals surface area contributed by atoms with E-state index in [1.54, 1.807) is 16.8 Å². The Kier molecular flexibility index (Phi) is 4.31. The molecule has 0 saturated heterocycles. The molecule has 10 heteroatoms. The maximum absolute atomic E-state index is 11.4. The number of aromatic nitrogens is 6. The van der Waals surface area contributed by atoms with Crippen LogP contribution in [0.15, 0.2) is 40.2 Å². The molecule has 1 fully saturated rings. The van der Waals surface area contributed by atoms with Crippen LogP contribution in [-0.4, -0.2) is 40.7 Å². The highest BCUT2D eigenvalue weighted by Crippen LogP contribution is 2.22. The maximum Gasteiger partial charge on any atom is 0.326 e. The van der Waals surface area contributed by atoms with Crippen molar-refractivity contribution in [3.8, 4) is 5.88 Å². The minimum absolute atomic E-state index is 0.241. The minimum atomic E-state index is -0.491. The van der Waals surface area contributed by atoms with Crippen molar-refractivity contribution in [2.24, 2.45) is 4.99 Å². The van der Waals surface area contributed by atoms with Gasteiger partial charge in [0.1, 0.15) is 5.69 Å². The molecule has 1 aliphatic rings. The lowest BCUT2D eigenvalue weighted by Crippen LogP contribution is -2.24. The molecule has 0 aliphatic heterocycles. The Hall–Kier alpha value is -3.95. The number of aromatic hydroxyl groups is 1. The Morgan fingerprint density at radius 2 is 2.13 bits per heavy atom. The molecule has 0 amide bonds. The van der Waals surface area contributed by atoms with E-state index in [4.69, 9.17) is 0 Å². The fourth-order valence-electron chi connectivity index (χ4n) is 3.14. The average molecular weight is 404 g/mol. The second kappa shape index (κ2) is 7.14. The summed E-state index contributed by atoms with van der Waals surface area (Å²) in [6.07, 6.45) is 5.28. The summed E-state index contributed by atoms with van der Waals surface area (Å²) in [6.45, 7) is 2.63. The zero-order valence-electron chi connectivity index (χ0n) is 16.3.